The van der Waals surface area contributed by atoms with Crippen LogP contribution >= 0.6 is 0 Å². The third kappa shape index (κ3) is 4.33. The SMILES string of the molecule is CN(C(=O)c1cncc(NCc2ccccn2)c1)C1CCS(=O)(=O)C1. The first-order valence-corrected chi connectivity index (χ1v) is 9.83. The van der Waals surface area contributed by atoms with E-state index in [1.807, 2.05) is 18.2 Å². The van der Waals surface area contributed by atoms with Gasteiger partial charge in [-0.3, -0.25) is 14.8 Å². The lowest BCUT2D eigenvalue weighted by Crippen LogP contribution is -2.37. The highest BCUT2D eigenvalue weighted by atomic mass is 32.2. The number of nitrogens with zero attached hydrogens (tertiary/aromatic N) is 3. The van der Waals surface area contributed by atoms with Crippen molar-refractivity contribution in [1.29, 1.82) is 0 Å². The topological polar surface area (TPSA) is 92.3 Å². The zero-order valence-electron chi connectivity index (χ0n) is 13.9. The number of carbonyl (C=O) groups excluding carboxylic acids is 1. The lowest BCUT2D eigenvalue weighted by atomic mass is 10.2. The summed E-state index contributed by atoms with van der Waals surface area (Å²) in [6.45, 7) is 0.525. The van der Waals surface area contributed by atoms with E-state index in [0.717, 1.165) is 5.69 Å². The highest BCUT2D eigenvalue weighted by molar-refractivity contribution is 7.91. The smallest absolute Gasteiger partial charge is 0.255 e. The molecule has 0 aromatic carbocycles. The first kappa shape index (κ1) is 17.3. The number of aromatic nitrogens is 2. The predicted octanol–water partition coefficient (Wildman–Crippen LogP) is 1.35. The van der Waals surface area contributed by atoms with Crippen molar-refractivity contribution in [2.45, 2.75) is 19.0 Å². The maximum atomic E-state index is 12.6. The Morgan fingerprint density at radius 1 is 1.36 bits per heavy atom. The van der Waals surface area contributed by atoms with Crippen LogP contribution in [0.25, 0.3) is 0 Å². The van der Waals surface area contributed by atoms with Crippen LogP contribution in [0.5, 0.6) is 0 Å². The van der Waals surface area contributed by atoms with Crippen LogP contribution in [-0.4, -0.2) is 53.8 Å². The van der Waals surface area contributed by atoms with E-state index in [4.69, 9.17) is 0 Å². The minimum atomic E-state index is -3.03. The molecule has 0 bridgehead atoms. The summed E-state index contributed by atoms with van der Waals surface area (Å²) in [6, 6.07) is 7.11. The minimum absolute atomic E-state index is 0.0281. The zero-order chi connectivity index (χ0) is 17.9. The molecule has 0 radical (unpaired) electrons. The molecule has 3 heterocycles. The van der Waals surface area contributed by atoms with Crippen molar-refractivity contribution >= 4 is 21.4 Å². The van der Waals surface area contributed by atoms with E-state index >= 15 is 0 Å². The normalized spacial score (nSPS) is 18.7. The summed E-state index contributed by atoms with van der Waals surface area (Å²) < 4.78 is 23.2. The number of nitrogens with one attached hydrogen (secondary N) is 1. The van der Waals surface area contributed by atoms with E-state index in [0.29, 0.717) is 24.2 Å². The molecule has 0 saturated carbocycles. The number of pyridine rings is 2. The molecular weight excluding hydrogens is 340 g/mol. The van der Waals surface area contributed by atoms with E-state index in [2.05, 4.69) is 15.3 Å². The Morgan fingerprint density at radius 2 is 2.20 bits per heavy atom. The maximum absolute atomic E-state index is 12.6. The molecule has 1 N–H and O–H groups in total. The summed E-state index contributed by atoms with van der Waals surface area (Å²) in [5.41, 5.74) is 2.02. The Hall–Kier alpha value is -2.48. The summed E-state index contributed by atoms with van der Waals surface area (Å²) in [4.78, 5) is 22.5. The fourth-order valence-electron chi connectivity index (χ4n) is 2.80. The highest BCUT2D eigenvalue weighted by Crippen LogP contribution is 2.19. The second kappa shape index (κ2) is 7.18. The average Bonchev–Trinajstić information content (AvgIpc) is 3.00. The molecule has 1 unspecified atom stereocenters. The second-order valence-electron chi connectivity index (χ2n) is 6.11. The number of carbonyl (C=O) groups is 1. The quantitative estimate of drug-likeness (QED) is 0.865. The molecule has 7 nitrogen and oxygen atoms in total. The van der Waals surface area contributed by atoms with Crippen molar-refractivity contribution in [3.63, 3.8) is 0 Å². The molecule has 2 aromatic heterocycles. The molecule has 1 fully saturated rings. The summed E-state index contributed by atoms with van der Waals surface area (Å²) >= 11 is 0. The van der Waals surface area contributed by atoms with Gasteiger partial charge in [0.25, 0.3) is 5.91 Å². The van der Waals surface area contributed by atoms with E-state index in [1.54, 1.807) is 25.5 Å². The van der Waals surface area contributed by atoms with Crippen molar-refractivity contribution in [3.05, 3.63) is 54.1 Å². The van der Waals surface area contributed by atoms with E-state index in [9.17, 15) is 13.2 Å². The molecule has 1 saturated heterocycles. The van der Waals surface area contributed by atoms with Gasteiger partial charge in [-0.2, -0.15) is 0 Å². The van der Waals surface area contributed by atoms with Crippen molar-refractivity contribution in [1.82, 2.24) is 14.9 Å². The molecular formula is C17H20N4O3S. The van der Waals surface area contributed by atoms with E-state index in [1.165, 1.54) is 11.1 Å². The lowest BCUT2D eigenvalue weighted by Gasteiger charge is -2.23. The molecule has 1 atom stereocenters. The van der Waals surface area contributed by atoms with Crippen LogP contribution in [0.1, 0.15) is 22.5 Å². The fraction of sp³-hybridized carbons (Fsp3) is 0.353. The van der Waals surface area contributed by atoms with Crippen LogP contribution in [0.15, 0.2) is 42.9 Å². The number of anilines is 1. The van der Waals surface area contributed by atoms with Crippen LogP contribution in [0.4, 0.5) is 5.69 Å². The third-order valence-corrected chi connectivity index (χ3v) is 6.01. The Morgan fingerprint density at radius 3 is 2.88 bits per heavy atom. The molecule has 0 aliphatic carbocycles. The van der Waals surface area contributed by atoms with Gasteiger partial charge in [-0.1, -0.05) is 6.07 Å². The summed E-state index contributed by atoms with van der Waals surface area (Å²) in [5.74, 6) is -0.0597. The molecule has 8 heteroatoms. The minimum Gasteiger partial charge on any atom is -0.378 e. The molecule has 1 amide bonds. The van der Waals surface area contributed by atoms with Gasteiger partial charge < -0.3 is 10.2 Å². The van der Waals surface area contributed by atoms with Crippen molar-refractivity contribution in [2.24, 2.45) is 0 Å². The van der Waals surface area contributed by atoms with Crippen LogP contribution in [0.3, 0.4) is 0 Å². The second-order valence-corrected chi connectivity index (χ2v) is 8.34. The molecule has 25 heavy (non-hydrogen) atoms. The summed E-state index contributed by atoms with van der Waals surface area (Å²) in [6.07, 6.45) is 5.34. The van der Waals surface area contributed by atoms with Crippen molar-refractivity contribution in [2.75, 3.05) is 23.9 Å². The van der Waals surface area contributed by atoms with Gasteiger partial charge in [0.2, 0.25) is 0 Å². The van der Waals surface area contributed by atoms with Gasteiger partial charge in [0.1, 0.15) is 0 Å². The van der Waals surface area contributed by atoms with Gasteiger partial charge in [0.05, 0.1) is 35.0 Å². The van der Waals surface area contributed by atoms with E-state index in [-0.39, 0.29) is 23.5 Å². The van der Waals surface area contributed by atoms with Crippen molar-refractivity contribution in [3.8, 4) is 0 Å². The molecule has 2 aromatic rings. The van der Waals surface area contributed by atoms with Crippen molar-refractivity contribution < 1.29 is 13.2 Å². The monoisotopic (exact) mass is 360 g/mol. The zero-order valence-corrected chi connectivity index (χ0v) is 14.7. The first-order valence-electron chi connectivity index (χ1n) is 8.01. The summed E-state index contributed by atoms with van der Waals surface area (Å²) in [5, 5.41) is 3.19. The summed E-state index contributed by atoms with van der Waals surface area (Å²) in [7, 11) is -1.39. The van der Waals surface area contributed by atoms with Crippen LogP contribution in [-0.2, 0) is 16.4 Å². The van der Waals surface area contributed by atoms with Crippen LogP contribution in [0.2, 0.25) is 0 Å². The molecule has 0 spiro atoms. The Bertz CT molecular complexity index is 855. The van der Waals surface area contributed by atoms with Crippen LogP contribution in [0, 0.1) is 0 Å². The van der Waals surface area contributed by atoms with Gasteiger partial charge in [-0.15, -0.1) is 0 Å². The largest absolute Gasteiger partial charge is 0.378 e. The van der Waals surface area contributed by atoms with Gasteiger partial charge in [-0.05, 0) is 24.6 Å². The predicted molar refractivity (Wildman–Crippen MR) is 95.0 cm³/mol. The lowest BCUT2D eigenvalue weighted by molar-refractivity contribution is 0.0747. The molecule has 3 rings (SSSR count). The molecule has 1 aliphatic heterocycles. The van der Waals surface area contributed by atoms with E-state index < -0.39 is 9.84 Å². The van der Waals surface area contributed by atoms with Crippen LogP contribution < -0.4 is 5.32 Å². The Balaban J connectivity index is 1.67. The highest BCUT2D eigenvalue weighted by Gasteiger charge is 2.33. The number of amides is 1. The van der Waals surface area contributed by atoms with Gasteiger partial charge in [0.15, 0.2) is 9.84 Å². The average molecular weight is 360 g/mol. The standard InChI is InChI=1S/C17H20N4O3S/c1-21(16-5-7-25(23,24)12-16)17(22)13-8-15(10-18-9-13)20-11-14-4-2-3-6-19-14/h2-4,6,8-10,16,20H,5,7,11-12H2,1H3. The number of hydrogen-bond donors (Lipinski definition) is 1. The Labute approximate surface area is 147 Å². The fourth-order valence-corrected chi connectivity index (χ4v) is 4.57. The van der Waals surface area contributed by atoms with Gasteiger partial charge >= 0.3 is 0 Å². The molecule has 132 valence electrons. The third-order valence-electron chi connectivity index (χ3n) is 4.26. The number of hydrogen-bond acceptors (Lipinski definition) is 6. The molecule has 1 aliphatic rings. The first-order chi connectivity index (χ1) is 11.9. The number of rotatable bonds is 5. The maximum Gasteiger partial charge on any atom is 0.255 e. The van der Waals surface area contributed by atoms with Gasteiger partial charge in [0, 0.05) is 31.7 Å². The Kier molecular flexibility index (Phi) is 4.98. The van der Waals surface area contributed by atoms with Gasteiger partial charge in [-0.25, -0.2) is 8.42 Å². The number of sulfone groups is 1.